The van der Waals surface area contributed by atoms with E-state index < -0.39 is 59.8 Å². The summed E-state index contributed by atoms with van der Waals surface area (Å²) in [6, 6.07) is 41.4. The Morgan fingerprint density at radius 1 is 0.370 bits per heavy atom. The van der Waals surface area contributed by atoms with Gasteiger partial charge in [-0.3, -0.25) is 0 Å². The van der Waals surface area contributed by atoms with Crippen molar-refractivity contribution < 1.29 is 85.6 Å². The molecule has 4 aromatic heterocycles. The van der Waals surface area contributed by atoms with Crippen LogP contribution in [0.4, 0.5) is 70.2 Å². The van der Waals surface area contributed by atoms with Crippen molar-refractivity contribution in [1.82, 2.24) is 39.1 Å². The van der Waals surface area contributed by atoms with Gasteiger partial charge >= 0.3 is 24.7 Å². The Bertz CT molecular complexity index is 6020. The summed E-state index contributed by atoms with van der Waals surface area (Å²) in [7, 11) is 0. The number of nitrogens with zero attached hydrogens (tertiary/aromatic N) is 8. The van der Waals surface area contributed by atoms with Gasteiger partial charge in [0.15, 0.2) is 11.2 Å². The number of aliphatic hydroxyl groups excluding tert-OH is 1. The summed E-state index contributed by atoms with van der Waals surface area (Å²) < 4.78 is 223. The molecule has 8 aliphatic rings. The zero-order chi connectivity index (χ0) is 89.9. The number of benzene rings is 8. The topological polar surface area (TPSA) is 132 Å². The van der Waals surface area contributed by atoms with Crippen LogP contribution in [0.15, 0.2) is 194 Å². The van der Waals surface area contributed by atoms with Crippen molar-refractivity contribution >= 4 is 43.6 Å². The minimum Gasteiger partial charge on any atom is -0.390 e. The molecule has 2 saturated carbocycles. The van der Waals surface area contributed by atoms with E-state index in [0.717, 1.165) is 154 Å². The summed E-state index contributed by atoms with van der Waals surface area (Å²) >= 11 is 0. The van der Waals surface area contributed by atoms with E-state index >= 15 is 0 Å². The molecule has 8 aliphatic carbocycles. The van der Waals surface area contributed by atoms with E-state index in [-0.39, 0.29) is 101 Å². The summed E-state index contributed by atoms with van der Waals surface area (Å²) in [6.07, 6.45) is 2.48. The largest absolute Gasteiger partial charge is 0.419 e. The minimum absolute atomic E-state index is 0.00929. The predicted molar refractivity (Wildman–Crippen MR) is 456 cm³/mol. The van der Waals surface area contributed by atoms with Gasteiger partial charge < -0.3 is 15.3 Å². The van der Waals surface area contributed by atoms with Crippen molar-refractivity contribution in [3.63, 3.8) is 0 Å². The van der Waals surface area contributed by atoms with E-state index in [0.29, 0.717) is 57.1 Å². The molecule has 0 amide bonds. The Hall–Kier alpha value is -10.1. The van der Waals surface area contributed by atoms with Crippen LogP contribution in [0.5, 0.6) is 0 Å². The molecule has 11 nitrogen and oxygen atoms in total. The molecule has 4 heterocycles. The molecule has 0 saturated heterocycles. The molecule has 8 aromatic carbocycles. The van der Waals surface area contributed by atoms with Gasteiger partial charge in [0.25, 0.3) is 0 Å². The quantitative estimate of drug-likeness (QED) is 0.102. The van der Waals surface area contributed by atoms with Crippen LogP contribution in [0.1, 0.15) is 207 Å². The molecular formula is C100H100F16N8O3. The second kappa shape index (κ2) is 33.4. The number of halogens is 16. The Morgan fingerprint density at radius 2 is 0.717 bits per heavy atom. The molecular weight excluding hydrogens is 1670 g/mol. The second-order valence-electron chi connectivity index (χ2n) is 36.6. The molecule has 0 spiro atoms. The number of rotatable bonds is 8. The van der Waals surface area contributed by atoms with Crippen LogP contribution in [0.2, 0.25) is 0 Å². The van der Waals surface area contributed by atoms with E-state index in [1.165, 1.54) is 82.9 Å². The van der Waals surface area contributed by atoms with Gasteiger partial charge in [-0.1, -0.05) is 39.8 Å². The SMILES string of the molecule is CC[C@@]12CC=C(C(F)(F)F)C[C@H]1CCCc1cc3c(cnn3-c3ccc(F)cc3)cc12.CC[C@@]12CCC(C(F)(F)F)=C[C@H]1CCCc1cc3c(cnn3-c3ccc(F)cc3)cc12.CC[C@@]12CC[C@](O)(C(F)(F)F)C[C@H]1CCCc1cc3c(cnn3-c3ccc(F)cc3)cc12.CC[C@@]12C[C@H](O)[C@@](O)(C(F)(F)F)C[C@H]1CCCc1cc3c(cnn3-c3ccc(F)cc3)cc12. The van der Waals surface area contributed by atoms with Crippen LogP contribution in [-0.2, 0) is 47.3 Å². The minimum atomic E-state index is -4.89. The lowest BCUT2D eigenvalue weighted by molar-refractivity contribution is -0.310. The van der Waals surface area contributed by atoms with Gasteiger partial charge in [-0.05, 0) is 380 Å². The van der Waals surface area contributed by atoms with Gasteiger partial charge in [0.2, 0.25) is 0 Å². The van der Waals surface area contributed by atoms with Gasteiger partial charge in [-0.25, -0.2) is 36.3 Å². The first-order valence-corrected chi connectivity index (χ1v) is 44.3. The van der Waals surface area contributed by atoms with Gasteiger partial charge in [0.05, 0.1) is 75.7 Å². The van der Waals surface area contributed by atoms with Crippen LogP contribution in [-0.4, -0.2) is 96.5 Å². The fourth-order valence-electron chi connectivity index (χ4n) is 23.6. The lowest BCUT2D eigenvalue weighted by Crippen LogP contribution is -2.62. The van der Waals surface area contributed by atoms with Gasteiger partial charge in [-0.2, -0.15) is 73.1 Å². The van der Waals surface area contributed by atoms with E-state index in [1.807, 2.05) is 26.0 Å². The number of allylic oxidation sites excluding steroid dienone is 4. The standard InChI is InChI=1S/C25H26F4N2O2.C25H26F4N2O.2C25H24F4N2/c1-2-23-13-22(32)24(33,25(27,28)29)12-17(23)5-3-4-15-11-21-16(10-20(15)23)14-30-31(21)19-8-6-18(26)7-9-19;1-2-23-10-11-24(32,25(27,28)29)14-18(23)5-3-4-16-13-22-17(12-21(16)23)15-30-31(22)20-8-6-19(26)7-9-20;2*1-2-24-11-10-19(25(27,28)29)14-18(24)5-3-4-16-13-23-17(12-22(16)24)15-30-31(23)21-8-6-20(26)7-9-21/h6-11,14,17,22,32-33H,2-5,12-13H2,1H3;6-9,12-13,15,18,32H,2-5,10-11,14H2,1H3;6-9,12-15,18H,2-5,10-11H2,1H3;6-10,12-13,15,18H,2-5,11,14H2,1H3/t17-,22+,23-,24-;18-,23-,24-;2*18-,24-/m1111/s1. The maximum atomic E-state index is 13.7. The zero-order valence-corrected chi connectivity index (χ0v) is 70.9. The number of fused-ring (bicyclic) bond motifs is 16. The average molecular weight is 1770 g/mol. The lowest BCUT2D eigenvalue weighted by Gasteiger charge is -2.52. The summed E-state index contributed by atoms with van der Waals surface area (Å²) in [6.45, 7) is 8.19. The Labute approximate surface area is 724 Å². The van der Waals surface area contributed by atoms with Crippen molar-refractivity contribution in [1.29, 1.82) is 0 Å². The zero-order valence-electron chi connectivity index (χ0n) is 70.9. The molecule has 2 fully saturated rings. The van der Waals surface area contributed by atoms with Gasteiger partial charge in [0, 0.05) is 48.9 Å². The Balaban J connectivity index is 0.000000119. The first kappa shape index (κ1) is 88.9. The summed E-state index contributed by atoms with van der Waals surface area (Å²) in [5, 5.41) is 53.2. The highest BCUT2D eigenvalue weighted by atomic mass is 19.4. The summed E-state index contributed by atoms with van der Waals surface area (Å²) in [4.78, 5) is 0. The van der Waals surface area contributed by atoms with Gasteiger partial charge in [-0.15, -0.1) is 0 Å². The van der Waals surface area contributed by atoms with E-state index in [1.54, 1.807) is 92.0 Å². The molecule has 0 unspecified atom stereocenters. The number of aliphatic hydroxyl groups is 3. The third kappa shape index (κ3) is 15.9. The Kier molecular flexibility index (Phi) is 23.4. The number of hydrogen-bond acceptors (Lipinski definition) is 7. The lowest BCUT2D eigenvalue weighted by atomic mass is 9.55. The van der Waals surface area contributed by atoms with Crippen molar-refractivity contribution in [2.75, 3.05) is 0 Å². The highest BCUT2D eigenvalue weighted by Gasteiger charge is 2.66. The maximum Gasteiger partial charge on any atom is 0.419 e. The fourth-order valence-corrected chi connectivity index (χ4v) is 23.6. The Morgan fingerprint density at radius 3 is 1.08 bits per heavy atom. The molecule has 3 N–H and O–H groups in total. The van der Waals surface area contributed by atoms with E-state index in [4.69, 9.17) is 0 Å². The van der Waals surface area contributed by atoms with Crippen LogP contribution < -0.4 is 0 Å². The normalized spacial score (nSPS) is 26.5. The van der Waals surface area contributed by atoms with Crippen molar-refractivity contribution in [2.45, 2.75) is 252 Å². The average Bonchev–Trinajstić information content (AvgIpc) is 1.74. The highest BCUT2D eigenvalue weighted by Crippen LogP contribution is 2.61. The first-order valence-electron chi connectivity index (χ1n) is 44.3. The summed E-state index contributed by atoms with van der Waals surface area (Å²) in [5.41, 5.74) is 7.65. The van der Waals surface area contributed by atoms with Crippen molar-refractivity contribution in [3.05, 3.63) is 261 Å². The molecule has 0 radical (unpaired) electrons. The van der Waals surface area contributed by atoms with Crippen molar-refractivity contribution in [3.8, 4) is 22.7 Å². The fraction of sp³-hybridized carbons (Fsp3) is 0.440. The molecule has 27 heteroatoms. The van der Waals surface area contributed by atoms with E-state index in [2.05, 4.69) is 70.6 Å². The number of alkyl halides is 12. The molecule has 670 valence electrons. The van der Waals surface area contributed by atoms with E-state index in [9.17, 15) is 85.6 Å². The van der Waals surface area contributed by atoms with Crippen molar-refractivity contribution in [2.24, 2.45) is 23.7 Å². The molecule has 20 rings (SSSR count). The number of hydrogen-bond donors (Lipinski definition) is 3. The predicted octanol–water partition coefficient (Wildman–Crippen LogP) is 25.6. The molecule has 0 bridgehead atoms. The second-order valence-corrected chi connectivity index (χ2v) is 36.6. The first-order chi connectivity index (χ1) is 60.4. The van der Waals surface area contributed by atoms with Gasteiger partial charge in [0.1, 0.15) is 23.3 Å². The smallest absolute Gasteiger partial charge is 0.390 e. The van der Waals surface area contributed by atoms with Crippen LogP contribution in [0, 0.1) is 46.9 Å². The highest BCUT2D eigenvalue weighted by molar-refractivity contribution is 5.86. The third-order valence-corrected chi connectivity index (χ3v) is 30.5. The summed E-state index contributed by atoms with van der Waals surface area (Å²) in [5.74, 6) is -1.98. The van der Waals surface area contributed by atoms with Crippen LogP contribution >= 0.6 is 0 Å². The molecule has 12 aromatic rings. The maximum absolute atomic E-state index is 13.7. The van der Waals surface area contributed by atoms with Crippen LogP contribution in [0.3, 0.4) is 0 Å². The molecule has 0 aliphatic heterocycles. The number of aromatic nitrogens is 8. The third-order valence-electron chi connectivity index (χ3n) is 30.5. The molecule has 127 heavy (non-hydrogen) atoms. The molecule has 11 atom stereocenters. The monoisotopic (exact) mass is 1760 g/mol. The number of aryl methyl sites for hydroxylation is 4. The van der Waals surface area contributed by atoms with Crippen LogP contribution in [0.25, 0.3) is 66.4 Å².